The van der Waals surface area contributed by atoms with Gasteiger partial charge in [0.25, 0.3) is 0 Å². The average molecular weight is 739 g/mol. The van der Waals surface area contributed by atoms with Crippen LogP contribution >= 0.6 is 22.7 Å². The monoisotopic (exact) mass is 738 g/mol. The number of hydrogen-bond acceptors (Lipinski definition) is 4. The Kier molecular flexibility index (Phi) is 12.0. The van der Waals surface area contributed by atoms with Crippen LogP contribution in [-0.4, -0.2) is 9.97 Å². The first kappa shape index (κ1) is 37.7. The third-order valence-corrected chi connectivity index (χ3v) is 14.0. The first-order valence-electron chi connectivity index (χ1n) is 20.5. The lowest BCUT2D eigenvalue weighted by molar-refractivity contribution is 0.398. The average Bonchev–Trinajstić information content (AvgIpc) is 3.88. The molecular formula is C49H58N2S2. The SMILES string of the molecule is CCCCCCCCC1(CCCCCCCC)c2cc(C)ccc2-c2ccc(-c3ccc(-c4ccc(-c5ccc(C)s5)c5nc(C)c(C)nc45)s3)cc21. The molecule has 6 aromatic rings. The predicted octanol–water partition coefficient (Wildman–Crippen LogP) is 15.8. The first-order valence-corrected chi connectivity index (χ1v) is 22.2. The molecule has 0 bridgehead atoms. The Labute approximate surface area is 327 Å². The number of aromatic nitrogens is 2. The number of fused-ring (bicyclic) bond motifs is 4. The van der Waals surface area contributed by atoms with Crippen LogP contribution in [0.3, 0.4) is 0 Å². The minimum absolute atomic E-state index is 0.0828. The summed E-state index contributed by atoms with van der Waals surface area (Å²) in [6, 6.07) is 28.4. The van der Waals surface area contributed by atoms with E-state index in [0.717, 1.165) is 22.4 Å². The highest BCUT2D eigenvalue weighted by atomic mass is 32.1. The lowest BCUT2D eigenvalue weighted by Crippen LogP contribution is -2.25. The molecule has 3 heterocycles. The molecule has 0 amide bonds. The van der Waals surface area contributed by atoms with E-state index in [0.29, 0.717) is 0 Å². The number of hydrogen-bond donors (Lipinski definition) is 0. The predicted molar refractivity (Wildman–Crippen MR) is 233 cm³/mol. The largest absolute Gasteiger partial charge is 0.249 e. The zero-order valence-electron chi connectivity index (χ0n) is 33.0. The van der Waals surface area contributed by atoms with Gasteiger partial charge in [-0.2, -0.15) is 0 Å². The molecule has 276 valence electrons. The second-order valence-corrected chi connectivity index (χ2v) is 18.1. The minimum atomic E-state index is 0.0828. The fourth-order valence-electron chi connectivity index (χ4n) is 8.76. The van der Waals surface area contributed by atoms with E-state index in [1.165, 1.54) is 143 Å². The molecule has 4 heteroatoms. The van der Waals surface area contributed by atoms with Crippen molar-refractivity contribution < 1.29 is 0 Å². The molecule has 3 aromatic heterocycles. The van der Waals surface area contributed by atoms with Crippen LogP contribution in [0.1, 0.15) is 137 Å². The molecule has 7 rings (SSSR count). The van der Waals surface area contributed by atoms with Crippen molar-refractivity contribution in [2.24, 2.45) is 0 Å². The third kappa shape index (κ3) is 7.82. The summed E-state index contributed by atoms with van der Waals surface area (Å²) in [7, 11) is 0. The summed E-state index contributed by atoms with van der Waals surface area (Å²) in [5, 5.41) is 0. The Morgan fingerprint density at radius 3 is 1.55 bits per heavy atom. The van der Waals surface area contributed by atoms with Crippen molar-refractivity contribution in [2.75, 3.05) is 0 Å². The van der Waals surface area contributed by atoms with Crippen molar-refractivity contribution in [1.29, 1.82) is 0 Å². The smallest absolute Gasteiger partial charge is 0.0983 e. The van der Waals surface area contributed by atoms with Crippen LogP contribution in [0.15, 0.2) is 72.8 Å². The van der Waals surface area contributed by atoms with Crippen molar-refractivity contribution in [3.05, 3.63) is 106 Å². The van der Waals surface area contributed by atoms with Crippen LogP contribution in [0, 0.1) is 27.7 Å². The molecule has 0 N–H and O–H groups in total. The summed E-state index contributed by atoms with van der Waals surface area (Å²) in [5.74, 6) is 0. The zero-order valence-corrected chi connectivity index (χ0v) is 34.7. The van der Waals surface area contributed by atoms with E-state index in [1.807, 2.05) is 22.7 Å². The van der Waals surface area contributed by atoms with E-state index in [1.54, 1.807) is 11.1 Å². The highest BCUT2D eigenvalue weighted by Crippen LogP contribution is 2.55. The molecule has 53 heavy (non-hydrogen) atoms. The van der Waals surface area contributed by atoms with Crippen LogP contribution in [-0.2, 0) is 5.41 Å². The highest BCUT2D eigenvalue weighted by Gasteiger charge is 2.42. The number of aryl methyl sites for hydroxylation is 4. The van der Waals surface area contributed by atoms with Gasteiger partial charge >= 0.3 is 0 Å². The highest BCUT2D eigenvalue weighted by molar-refractivity contribution is 7.19. The summed E-state index contributed by atoms with van der Waals surface area (Å²) in [6.45, 7) is 13.3. The molecule has 0 spiro atoms. The topological polar surface area (TPSA) is 25.8 Å². The van der Waals surface area contributed by atoms with Crippen LogP contribution in [0.4, 0.5) is 0 Å². The van der Waals surface area contributed by atoms with Gasteiger partial charge in [0.05, 0.1) is 22.4 Å². The van der Waals surface area contributed by atoms with Gasteiger partial charge in [-0.3, -0.25) is 0 Å². The van der Waals surface area contributed by atoms with Crippen LogP contribution in [0.2, 0.25) is 0 Å². The first-order chi connectivity index (χ1) is 25.8. The van der Waals surface area contributed by atoms with Crippen molar-refractivity contribution in [3.8, 4) is 42.4 Å². The van der Waals surface area contributed by atoms with E-state index in [9.17, 15) is 0 Å². The Balaban J connectivity index is 1.26. The Morgan fingerprint density at radius 1 is 0.472 bits per heavy atom. The van der Waals surface area contributed by atoms with E-state index >= 15 is 0 Å². The van der Waals surface area contributed by atoms with Gasteiger partial charge in [0.15, 0.2) is 0 Å². The van der Waals surface area contributed by atoms with Crippen molar-refractivity contribution in [2.45, 2.75) is 137 Å². The molecule has 0 saturated carbocycles. The molecule has 0 atom stereocenters. The summed E-state index contributed by atoms with van der Waals surface area (Å²) in [6.07, 6.45) is 18.6. The Morgan fingerprint density at radius 2 is 0.962 bits per heavy atom. The second kappa shape index (κ2) is 16.8. The normalized spacial score (nSPS) is 13.2. The quantitative estimate of drug-likeness (QED) is 0.0871. The molecule has 3 aromatic carbocycles. The van der Waals surface area contributed by atoms with E-state index < -0.39 is 0 Å². The molecule has 0 radical (unpaired) electrons. The number of unbranched alkanes of at least 4 members (excludes halogenated alkanes) is 10. The van der Waals surface area contributed by atoms with Gasteiger partial charge in [0, 0.05) is 36.1 Å². The zero-order chi connectivity index (χ0) is 37.0. The molecule has 0 fully saturated rings. The van der Waals surface area contributed by atoms with Crippen LogP contribution < -0.4 is 0 Å². The molecule has 1 aliphatic carbocycles. The van der Waals surface area contributed by atoms with Gasteiger partial charge in [-0.05, 0) is 98.7 Å². The third-order valence-electron chi connectivity index (χ3n) is 11.8. The fourth-order valence-corrected chi connectivity index (χ4v) is 10.7. The van der Waals surface area contributed by atoms with Crippen LogP contribution in [0.5, 0.6) is 0 Å². The Bertz CT molecular complexity index is 2170. The molecule has 0 saturated heterocycles. The van der Waals surface area contributed by atoms with Gasteiger partial charge in [0.1, 0.15) is 0 Å². The maximum Gasteiger partial charge on any atom is 0.0983 e. The van der Waals surface area contributed by atoms with Gasteiger partial charge in [-0.15, -0.1) is 22.7 Å². The minimum Gasteiger partial charge on any atom is -0.249 e. The standard InChI is InChI=1S/C49H58N2S2/c1-7-9-11-13-15-17-29-49(30-18-16-14-12-10-8-2)42-31-33(3)19-22-38(42)39-23-21-37(32-43(39)49)44-27-28-46(53-44)41-25-24-40(45-26-20-34(4)52-45)47-48(41)51-36(6)35(5)50-47/h19-28,31-32H,7-18,29-30H2,1-6H3. The lowest BCUT2D eigenvalue weighted by atomic mass is 9.70. The van der Waals surface area contributed by atoms with Crippen molar-refractivity contribution in [3.63, 3.8) is 0 Å². The Hall–Kier alpha value is -3.60. The fraction of sp³-hybridized carbons (Fsp3) is 0.429. The number of thiophene rings is 2. The molecule has 0 aliphatic heterocycles. The molecular weight excluding hydrogens is 681 g/mol. The van der Waals surface area contributed by atoms with E-state index in [2.05, 4.69) is 114 Å². The van der Waals surface area contributed by atoms with Crippen molar-refractivity contribution in [1.82, 2.24) is 9.97 Å². The van der Waals surface area contributed by atoms with Crippen molar-refractivity contribution >= 4 is 33.7 Å². The lowest BCUT2D eigenvalue weighted by Gasteiger charge is -2.33. The molecule has 0 unspecified atom stereocenters. The molecule has 2 nitrogen and oxygen atoms in total. The molecule has 1 aliphatic rings. The van der Waals surface area contributed by atoms with Gasteiger partial charge in [-0.1, -0.05) is 139 Å². The maximum absolute atomic E-state index is 5.18. The van der Waals surface area contributed by atoms with Gasteiger partial charge in [-0.25, -0.2) is 9.97 Å². The summed E-state index contributed by atoms with van der Waals surface area (Å²) in [4.78, 5) is 15.4. The summed E-state index contributed by atoms with van der Waals surface area (Å²) in [5.41, 5.74) is 15.3. The van der Waals surface area contributed by atoms with Crippen LogP contribution in [0.25, 0.3) is 53.5 Å². The summed E-state index contributed by atoms with van der Waals surface area (Å²) < 4.78 is 0. The van der Waals surface area contributed by atoms with Gasteiger partial charge < -0.3 is 0 Å². The maximum atomic E-state index is 5.18. The second-order valence-electron chi connectivity index (χ2n) is 15.8. The number of benzene rings is 3. The van der Waals surface area contributed by atoms with E-state index in [-0.39, 0.29) is 5.41 Å². The van der Waals surface area contributed by atoms with E-state index in [4.69, 9.17) is 9.97 Å². The number of nitrogens with zero attached hydrogens (tertiary/aromatic N) is 2. The van der Waals surface area contributed by atoms with Gasteiger partial charge in [0.2, 0.25) is 0 Å². The summed E-state index contributed by atoms with van der Waals surface area (Å²) >= 11 is 3.72. The number of rotatable bonds is 17.